The van der Waals surface area contributed by atoms with Crippen molar-refractivity contribution in [2.24, 2.45) is 0 Å². The summed E-state index contributed by atoms with van der Waals surface area (Å²) in [5, 5.41) is 0.668. The molecule has 0 aliphatic rings. The Balaban J connectivity index is 3.17. The number of methoxy groups -OCH3 is 2. The summed E-state index contributed by atoms with van der Waals surface area (Å²) in [6.45, 7) is 1.95. The summed E-state index contributed by atoms with van der Waals surface area (Å²) >= 11 is 1.47. The lowest BCUT2D eigenvalue weighted by molar-refractivity contribution is 0.357. The molecule has 0 aromatic carbocycles. The molecule has 0 unspecified atom stereocenters. The third-order valence-electron chi connectivity index (χ3n) is 1.42. The average molecular weight is 173 g/mol. The van der Waals surface area contributed by atoms with Crippen molar-refractivity contribution in [3.63, 3.8) is 0 Å². The van der Waals surface area contributed by atoms with Crippen LogP contribution in [0.2, 0.25) is 0 Å². The molecular formula is C7H11NO2S. The molecule has 0 radical (unpaired) electrons. The van der Waals surface area contributed by atoms with Gasteiger partial charge >= 0.3 is 0 Å². The lowest BCUT2D eigenvalue weighted by atomic mass is 10.4. The molecule has 0 saturated carbocycles. The second-order valence-electron chi connectivity index (χ2n) is 2.09. The number of hydrogen-bond acceptors (Lipinski definition) is 4. The topological polar surface area (TPSA) is 44.5 Å². The Kier molecular flexibility index (Phi) is 2.24. The van der Waals surface area contributed by atoms with Crippen molar-refractivity contribution in [1.29, 1.82) is 0 Å². The number of rotatable bonds is 2. The Bertz CT molecular complexity index is 233. The Morgan fingerprint density at radius 2 is 1.73 bits per heavy atom. The van der Waals surface area contributed by atoms with Gasteiger partial charge in [-0.1, -0.05) is 0 Å². The summed E-state index contributed by atoms with van der Waals surface area (Å²) in [5.41, 5.74) is 5.64. The molecule has 3 nitrogen and oxygen atoms in total. The van der Waals surface area contributed by atoms with E-state index in [0.717, 1.165) is 10.6 Å². The van der Waals surface area contributed by atoms with Crippen LogP contribution < -0.4 is 15.2 Å². The monoisotopic (exact) mass is 173 g/mol. The van der Waals surface area contributed by atoms with E-state index < -0.39 is 0 Å². The first-order valence-electron chi connectivity index (χ1n) is 3.17. The summed E-state index contributed by atoms with van der Waals surface area (Å²) in [6.07, 6.45) is 0. The first-order chi connectivity index (χ1) is 5.20. The highest BCUT2D eigenvalue weighted by atomic mass is 32.1. The van der Waals surface area contributed by atoms with Gasteiger partial charge in [-0.25, -0.2) is 0 Å². The van der Waals surface area contributed by atoms with Crippen LogP contribution in [0, 0.1) is 6.92 Å². The third-order valence-corrected chi connectivity index (χ3v) is 2.32. The van der Waals surface area contributed by atoms with E-state index in [4.69, 9.17) is 15.2 Å². The van der Waals surface area contributed by atoms with Gasteiger partial charge in [0, 0.05) is 4.88 Å². The van der Waals surface area contributed by atoms with E-state index in [1.807, 2.05) is 6.92 Å². The highest BCUT2D eigenvalue weighted by molar-refractivity contribution is 7.16. The number of nitrogens with two attached hydrogens (primary N) is 1. The summed E-state index contributed by atoms with van der Waals surface area (Å²) in [7, 11) is 3.19. The fourth-order valence-electron chi connectivity index (χ4n) is 0.959. The van der Waals surface area contributed by atoms with E-state index in [1.165, 1.54) is 11.3 Å². The van der Waals surface area contributed by atoms with Crippen molar-refractivity contribution in [2.75, 3.05) is 20.0 Å². The van der Waals surface area contributed by atoms with Gasteiger partial charge in [-0.05, 0) is 6.92 Å². The van der Waals surface area contributed by atoms with Crippen LogP contribution in [0.4, 0.5) is 5.00 Å². The van der Waals surface area contributed by atoms with Gasteiger partial charge < -0.3 is 15.2 Å². The zero-order chi connectivity index (χ0) is 8.43. The van der Waals surface area contributed by atoms with Crippen molar-refractivity contribution in [2.45, 2.75) is 6.92 Å². The molecule has 1 heterocycles. The zero-order valence-corrected chi connectivity index (χ0v) is 7.62. The van der Waals surface area contributed by atoms with Crippen LogP contribution in [0.5, 0.6) is 11.5 Å². The molecule has 1 rings (SSSR count). The molecule has 0 spiro atoms. The number of nitrogen functional groups attached to an aromatic ring is 1. The predicted octanol–water partition coefficient (Wildman–Crippen LogP) is 1.66. The number of anilines is 1. The minimum atomic E-state index is 0.648. The molecule has 1 aromatic heterocycles. The fourth-order valence-corrected chi connectivity index (χ4v) is 1.83. The van der Waals surface area contributed by atoms with Gasteiger partial charge in [0.25, 0.3) is 0 Å². The highest BCUT2D eigenvalue weighted by Crippen LogP contribution is 2.43. The first kappa shape index (κ1) is 8.20. The minimum absolute atomic E-state index is 0.648. The maximum absolute atomic E-state index is 5.64. The van der Waals surface area contributed by atoms with Crippen LogP contribution in [0.15, 0.2) is 0 Å². The minimum Gasteiger partial charge on any atom is -0.492 e. The molecule has 0 saturated heterocycles. The van der Waals surface area contributed by atoms with Gasteiger partial charge in [0.05, 0.1) is 14.2 Å². The molecule has 0 aliphatic heterocycles. The molecule has 0 bridgehead atoms. The molecule has 1 aromatic rings. The summed E-state index contributed by atoms with van der Waals surface area (Å²) in [4.78, 5) is 1.04. The molecule has 0 aliphatic carbocycles. The third kappa shape index (κ3) is 1.26. The van der Waals surface area contributed by atoms with Crippen LogP contribution >= 0.6 is 11.3 Å². The Morgan fingerprint density at radius 1 is 1.18 bits per heavy atom. The maximum atomic E-state index is 5.64. The van der Waals surface area contributed by atoms with Crippen LogP contribution in [0.25, 0.3) is 0 Å². The Morgan fingerprint density at radius 3 is 2.09 bits per heavy atom. The van der Waals surface area contributed by atoms with E-state index >= 15 is 0 Å². The van der Waals surface area contributed by atoms with E-state index in [2.05, 4.69) is 0 Å². The van der Waals surface area contributed by atoms with Crippen LogP contribution in [-0.4, -0.2) is 14.2 Å². The average Bonchev–Trinajstić information content (AvgIpc) is 2.24. The largest absolute Gasteiger partial charge is 0.492 e. The number of thiophene rings is 1. The lowest BCUT2D eigenvalue weighted by Gasteiger charge is -2.01. The molecule has 0 fully saturated rings. The molecule has 11 heavy (non-hydrogen) atoms. The van der Waals surface area contributed by atoms with E-state index in [9.17, 15) is 0 Å². The van der Waals surface area contributed by atoms with Gasteiger partial charge in [0.1, 0.15) is 5.00 Å². The summed E-state index contributed by atoms with van der Waals surface area (Å²) in [5.74, 6) is 1.39. The quantitative estimate of drug-likeness (QED) is 0.739. The van der Waals surface area contributed by atoms with Gasteiger partial charge in [-0.2, -0.15) is 0 Å². The molecule has 2 N–H and O–H groups in total. The lowest BCUT2D eigenvalue weighted by Crippen LogP contribution is -1.90. The first-order valence-corrected chi connectivity index (χ1v) is 3.99. The highest BCUT2D eigenvalue weighted by Gasteiger charge is 2.13. The van der Waals surface area contributed by atoms with Crippen LogP contribution in [-0.2, 0) is 0 Å². The van der Waals surface area contributed by atoms with Gasteiger partial charge in [0.2, 0.25) is 0 Å². The molecule has 62 valence electrons. The van der Waals surface area contributed by atoms with Crippen molar-refractivity contribution in [3.05, 3.63) is 4.88 Å². The van der Waals surface area contributed by atoms with Gasteiger partial charge in [0.15, 0.2) is 11.5 Å². The van der Waals surface area contributed by atoms with Crippen molar-refractivity contribution < 1.29 is 9.47 Å². The summed E-state index contributed by atoms with van der Waals surface area (Å²) in [6, 6.07) is 0. The second kappa shape index (κ2) is 3.00. The van der Waals surface area contributed by atoms with Crippen LogP contribution in [0.3, 0.4) is 0 Å². The van der Waals surface area contributed by atoms with Crippen molar-refractivity contribution in [3.8, 4) is 11.5 Å². The predicted molar refractivity (Wildman–Crippen MR) is 46.6 cm³/mol. The molecule has 4 heteroatoms. The Hall–Kier alpha value is -0.900. The molecule has 0 amide bonds. The van der Waals surface area contributed by atoms with E-state index in [0.29, 0.717) is 10.8 Å². The van der Waals surface area contributed by atoms with Crippen LogP contribution in [0.1, 0.15) is 4.88 Å². The van der Waals surface area contributed by atoms with E-state index in [-0.39, 0.29) is 0 Å². The molecule has 0 atom stereocenters. The van der Waals surface area contributed by atoms with E-state index in [1.54, 1.807) is 14.2 Å². The number of ether oxygens (including phenoxy) is 2. The normalized spacial score (nSPS) is 9.73. The fraction of sp³-hybridized carbons (Fsp3) is 0.429. The summed E-state index contributed by atoms with van der Waals surface area (Å²) < 4.78 is 10.1. The molecular weight excluding hydrogens is 162 g/mol. The SMILES string of the molecule is COc1c(C)sc(N)c1OC. The maximum Gasteiger partial charge on any atom is 0.195 e. The number of aryl methyl sites for hydroxylation is 1. The van der Waals surface area contributed by atoms with Crippen molar-refractivity contribution >= 4 is 16.3 Å². The zero-order valence-electron chi connectivity index (χ0n) is 6.80. The van der Waals surface area contributed by atoms with Gasteiger partial charge in [-0.15, -0.1) is 11.3 Å². The van der Waals surface area contributed by atoms with Crippen molar-refractivity contribution in [1.82, 2.24) is 0 Å². The van der Waals surface area contributed by atoms with Gasteiger partial charge in [-0.3, -0.25) is 0 Å². The smallest absolute Gasteiger partial charge is 0.195 e. The second-order valence-corrected chi connectivity index (χ2v) is 3.35. The standard InChI is InChI=1S/C7H11NO2S/c1-4-5(9-2)6(10-3)7(8)11-4/h8H2,1-3H3. The Labute approximate surface area is 69.7 Å². The number of hydrogen-bond donors (Lipinski definition) is 1.